The predicted octanol–water partition coefficient (Wildman–Crippen LogP) is 0.982. The molecule has 1 saturated heterocycles. The highest BCUT2D eigenvalue weighted by Crippen LogP contribution is 2.23. The Bertz CT molecular complexity index is 441. The summed E-state index contributed by atoms with van der Waals surface area (Å²) in [7, 11) is 0. The first-order valence-electron chi connectivity index (χ1n) is 7.16. The molecule has 3 N–H and O–H groups in total. The summed E-state index contributed by atoms with van der Waals surface area (Å²) in [6.45, 7) is 4.71. The third-order valence-corrected chi connectivity index (χ3v) is 3.31. The summed E-state index contributed by atoms with van der Waals surface area (Å²) in [5.74, 6) is 0.640. The van der Waals surface area contributed by atoms with Crippen LogP contribution < -0.4 is 15.4 Å². The van der Waals surface area contributed by atoms with Crippen LogP contribution in [0.25, 0.3) is 0 Å². The number of hydrogen-bond acceptors (Lipinski definition) is 7. The second-order valence-corrected chi connectivity index (χ2v) is 5.32. The van der Waals surface area contributed by atoms with E-state index in [0.717, 1.165) is 32.2 Å². The Morgan fingerprint density at radius 3 is 2.80 bits per heavy atom. The lowest BCUT2D eigenvalue weighted by Gasteiger charge is -2.28. The van der Waals surface area contributed by atoms with Gasteiger partial charge in [0.05, 0.1) is 18.8 Å². The van der Waals surface area contributed by atoms with Crippen LogP contribution in [0.4, 0.5) is 11.9 Å². The van der Waals surface area contributed by atoms with Crippen LogP contribution in [0.2, 0.25) is 0 Å². The number of aliphatic hydroxyl groups excluding tert-OH is 1. The summed E-state index contributed by atoms with van der Waals surface area (Å²) in [5, 5.41) is 9.56. The van der Waals surface area contributed by atoms with Gasteiger partial charge in [-0.2, -0.15) is 15.0 Å². The van der Waals surface area contributed by atoms with E-state index in [4.69, 9.17) is 10.5 Å². The van der Waals surface area contributed by atoms with Gasteiger partial charge in [0, 0.05) is 6.54 Å². The minimum atomic E-state index is -0.0255. The summed E-state index contributed by atoms with van der Waals surface area (Å²) in [5.41, 5.74) is 5.74. The van der Waals surface area contributed by atoms with E-state index in [0.29, 0.717) is 5.95 Å². The molecule has 112 valence electrons. The number of anilines is 2. The van der Waals surface area contributed by atoms with Gasteiger partial charge in [0.2, 0.25) is 11.9 Å². The number of rotatable bonds is 4. The van der Waals surface area contributed by atoms with E-state index in [2.05, 4.69) is 15.0 Å². The first-order chi connectivity index (χ1) is 9.60. The Morgan fingerprint density at radius 1 is 1.30 bits per heavy atom. The van der Waals surface area contributed by atoms with Gasteiger partial charge in [0.25, 0.3) is 0 Å². The number of nitrogens with two attached hydrogens (primary N) is 1. The van der Waals surface area contributed by atoms with Crippen molar-refractivity contribution in [1.82, 2.24) is 15.0 Å². The highest BCUT2D eigenvalue weighted by molar-refractivity contribution is 5.37. The number of nitrogen functional groups attached to an aromatic ring is 1. The summed E-state index contributed by atoms with van der Waals surface area (Å²) < 4.78 is 5.50. The smallest absolute Gasteiger partial charge is 0.323 e. The molecule has 0 saturated carbocycles. The summed E-state index contributed by atoms with van der Waals surface area (Å²) in [6, 6.07) is 0.273. The number of nitrogens with zero attached hydrogens (tertiary/aromatic N) is 4. The molecule has 0 amide bonds. The lowest BCUT2D eigenvalue weighted by molar-refractivity contribution is 0.221. The Kier molecular flexibility index (Phi) is 4.94. The molecule has 7 heteroatoms. The Morgan fingerprint density at radius 2 is 2.10 bits per heavy atom. The highest BCUT2D eigenvalue weighted by Gasteiger charge is 2.24. The zero-order valence-corrected chi connectivity index (χ0v) is 12.1. The van der Waals surface area contributed by atoms with Crippen molar-refractivity contribution in [2.24, 2.45) is 0 Å². The molecular weight excluding hydrogens is 258 g/mol. The topological polar surface area (TPSA) is 97.4 Å². The maximum Gasteiger partial charge on any atom is 0.323 e. The summed E-state index contributed by atoms with van der Waals surface area (Å²) in [6.07, 6.45) is 4.23. The van der Waals surface area contributed by atoms with Crippen molar-refractivity contribution in [2.75, 3.05) is 23.8 Å². The zero-order valence-electron chi connectivity index (χ0n) is 12.1. The molecule has 20 heavy (non-hydrogen) atoms. The first kappa shape index (κ1) is 14.8. The standard InChI is InChI=1S/C13H23N5O2/c1-9(2)20-13-16-11(14)15-12(17-13)18-7-5-3-4-6-10(18)8-19/h9-10,19H,3-8H2,1-2H3,(H2,14,15,16,17). The normalized spacial score (nSPS) is 20.0. The Hall–Kier alpha value is -1.63. The van der Waals surface area contributed by atoms with Crippen LogP contribution in [0.1, 0.15) is 39.5 Å². The molecule has 2 rings (SSSR count). The molecule has 1 atom stereocenters. The van der Waals surface area contributed by atoms with Gasteiger partial charge in [-0.15, -0.1) is 0 Å². The van der Waals surface area contributed by atoms with E-state index in [1.165, 1.54) is 0 Å². The third kappa shape index (κ3) is 3.69. The largest absolute Gasteiger partial charge is 0.461 e. The van der Waals surface area contributed by atoms with E-state index in [1.807, 2.05) is 18.7 Å². The average molecular weight is 281 g/mol. The number of aliphatic hydroxyl groups is 1. The second kappa shape index (κ2) is 6.69. The van der Waals surface area contributed by atoms with Gasteiger partial charge in [-0.1, -0.05) is 12.8 Å². The molecular formula is C13H23N5O2. The van der Waals surface area contributed by atoms with Crippen molar-refractivity contribution >= 4 is 11.9 Å². The molecule has 1 aliphatic heterocycles. The van der Waals surface area contributed by atoms with E-state index in [-0.39, 0.29) is 30.7 Å². The molecule has 0 bridgehead atoms. The lowest BCUT2D eigenvalue weighted by Crippen LogP contribution is -2.39. The second-order valence-electron chi connectivity index (χ2n) is 5.32. The van der Waals surface area contributed by atoms with Gasteiger partial charge >= 0.3 is 6.01 Å². The molecule has 0 radical (unpaired) electrons. The van der Waals surface area contributed by atoms with Crippen molar-refractivity contribution in [2.45, 2.75) is 51.7 Å². The molecule has 1 aliphatic rings. The van der Waals surface area contributed by atoms with Gasteiger partial charge in [0.15, 0.2) is 0 Å². The Balaban J connectivity index is 2.26. The van der Waals surface area contributed by atoms with Crippen LogP contribution in [0.15, 0.2) is 0 Å². The SMILES string of the molecule is CC(C)Oc1nc(N)nc(N2CCCCCC2CO)n1. The molecule has 1 fully saturated rings. The van der Waals surface area contributed by atoms with Crippen molar-refractivity contribution in [3.8, 4) is 6.01 Å². The fourth-order valence-corrected chi connectivity index (χ4v) is 2.38. The van der Waals surface area contributed by atoms with E-state index in [9.17, 15) is 5.11 Å². The van der Waals surface area contributed by atoms with Gasteiger partial charge < -0.3 is 20.5 Å². The number of hydrogen-bond donors (Lipinski definition) is 2. The van der Waals surface area contributed by atoms with Crippen molar-refractivity contribution in [1.29, 1.82) is 0 Å². The van der Waals surface area contributed by atoms with Gasteiger partial charge in [-0.25, -0.2) is 0 Å². The molecule has 2 heterocycles. The highest BCUT2D eigenvalue weighted by atomic mass is 16.5. The fraction of sp³-hybridized carbons (Fsp3) is 0.769. The summed E-state index contributed by atoms with van der Waals surface area (Å²) in [4.78, 5) is 14.5. The molecule has 7 nitrogen and oxygen atoms in total. The zero-order chi connectivity index (χ0) is 14.5. The molecule has 1 aromatic rings. The quantitative estimate of drug-likeness (QED) is 0.849. The number of aromatic nitrogens is 3. The molecule has 0 spiro atoms. The van der Waals surface area contributed by atoms with Crippen LogP contribution in [0, 0.1) is 0 Å². The van der Waals surface area contributed by atoms with Crippen molar-refractivity contribution in [3.05, 3.63) is 0 Å². The molecule has 1 aromatic heterocycles. The van der Waals surface area contributed by atoms with Crippen molar-refractivity contribution in [3.63, 3.8) is 0 Å². The van der Waals surface area contributed by atoms with Gasteiger partial charge in [-0.05, 0) is 26.7 Å². The van der Waals surface area contributed by atoms with E-state index < -0.39 is 0 Å². The van der Waals surface area contributed by atoms with Crippen LogP contribution >= 0.6 is 0 Å². The molecule has 1 unspecified atom stereocenters. The fourth-order valence-electron chi connectivity index (χ4n) is 2.38. The average Bonchev–Trinajstić information content (AvgIpc) is 2.61. The Labute approximate surface area is 119 Å². The van der Waals surface area contributed by atoms with Gasteiger partial charge in [0.1, 0.15) is 0 Å². The van der Waals surface area contributed by atoms with E-state index in [1.54, 1.807) is 0 Å². The molecule has 0 aromatic carbocycles. The summed E-state index contributed by atoms with van der Waals surface area (Å²) >= 11 is 0. The van der Waals surface area contributed by atoms with E-state index >= 15 is 0 Å². The minimum absolute atomic E-state index is 0.0255. The maximum atomic E-state index is 9.56. The monoisotopic (exact) mass is 281 g/mol. The van der Waals surface area contributed by atoms with Crippen LogP contribution in [-0.2, 0) is 0 Å². The lowest BCUT2D eigenvalue weighted by atomic mass is 10.1. The molecule has 0 aliphatic carbocycles. The first-order valence-corrected chi connectivity index (χ1v) is 7.16. The third-order valence-electron chi connectivity index (χ3n) is 3.31. The van der Waals surface area contributed by atoms with Crippen LogP contribution in [0.5, 0.6) is 6.01 Å². The van der Waals surface area contributed by atoms with Crippen molar-refractivity contribution < 1.29 is 9.84 Å². The van der Waals surface area contributed by atoms with Gasteiger partial charge in [-0.3, -0.25) is 0 Å². The predicted molar refractivity (Wildman–Crippen MR) is 76.7 cm³/mol. The van der Waals surface area contributed by atoms with Crippen LogP contribution in [0.3, 0.4) is 0 Å². The van der Waals surface area contributed by atoms with Crippen LogP contribution in [-0.4, -0.2) is 45.4 Å². The number of ether oxygens (including phenoxy) is 1. The maximum absolute atomic E-state index is 9.56. The minimum Gasteiger partial charge on any atom is -0.461 e.